The molecule has 0 radical (unpaired) electrons. The van der Waals surface area contributed by atoms with Crippen molar-refractivity contribution in [1.29, 1.82) is 0 Å². The van der Waals surface area contributed by atoms with Gasteiger partial charge in [-0.1, -0.05) is 29.3 Å². The molecule has 92 valence electrons. The number of carbonyl (C=O) groups excluding carboxylic acids is 1. The number of rotatable bonds is 1. The van der Waals surface area contributed by atoms with E-state index in [0.717, 1.165) is 5.56 Å². The molecule has 0 saturated heterocycles. The highest BCUT2D eigenvalue weighted by atomic mass is 35.5. The molecule has 18 heavy (non-hydrogen) atoms. The van der Waals surface area contributed by atoms with Crippen molar-refractivity contribution >= 4 is 35.1 Å². The fourth-order valence-electron chi connectivity index (χ4n) is 2.02. The third-order valence-electron chi connectivity index (χ3n) is 2.82. The molecule has 1 atom stereocenters. The number of amides is 1. The highest BCUT2D eigenvalue weighted by Crippen LogP contribution is 2.33. The van der Waals surface area contributed by atoms with Crippen LogP contribution in [0, 0.1) is 0 Å². The molecule has 5 nitrogen and oxygen atoms in total. The largest absolute Gasteiger partial charge is 0.295 e. The van der Waals surface area contributed by atoms with Gasteiger partial charge in [0.25, 0.3) is 0 Å². The molecule has 0 saturated carbocycles. The van der Waals surface area contributed by atoms with Crippen LogP contribution in [0.1, 0.15) is 18.0 Å². The molecule has 0 unspecified atom stereocenters. The molecule has 1 aromatic carbocycles. The fraction of sp³-hybridized carbons (Fsp3) is 0.182. The number of nitrogens with zero attached hydrogens (tertiary/aromatic N) is 3. The van der Waals surface area contributed by atoms with Gasteiger partial charge in [0, 0.05) is 10.0 Å². The van der Waals surface area contributed by atoms with Crippen LogP contribution in [0.3, 0.4) is 0 Å². The van der Waals surface area contributed by atoms with Crippen molar-refractivity contribution in [2.45, 2.75) is 12.5 Å². The average Bonchev–Trinajstić information content (AvgIpc) is 2.76. The second-order valence-corrected chi connectivity index (χ2v) is 4.81. The third kappa shape index (κ3) is 1.85. The molecule has 2 aromatic rings. The molecule has 0 bridgehead atoms. The maximum Gasteiger partial charge on any atom is 0.229 e. The van der Waals surface area contributed by atoms with E-state index in [1.54, 1.807) is 22.9 Å². The van der Waals surface area contributed by atoms with E-state index in [2.05, 4.69) is 15.4 Å². The molecular weight excluding hydrogens is 275 g/mol. The van der Waals surface area contributed by atoms with E-state index in [-0.39, 0.29) is 18.4 Å². The van der Waals surface area contributed by atoms with E-state index >= 15 is 0 Å². The van der Waals surface area contributed by atoms with Crippen molar-refractivity contribution in [3.63, 3.8) is 0 Å². The quantitative estimate of drug-likeness (QED) is 0.874. The van der Waals surface area contributed by atoms with Crippen LogP contribution in [0.2, 0.25) is 10.0 Å². The Balaban J connectivity index is 2.10. The van der Waals surface area contributed by atoms with E-state index < -0.39 is 0 Å². The summed E-state index contributed by atoms with van der Waals surface area (Å²) in [7, 11) is 0. The van der Waals surface area contributed by atoms with Crippen LogP contribution >= 0.6 is 23.2 Å². The lowest BCUT2D eigenvalue weighted by atomic mass is 10.0. The zero-order valence-corrected chi connectivity index (χ0v) is 10.6. The maximum absolute atomic E-state index is 11.6. The van der Waals surface area contributed by atoms with Gasteiger partial charge in [-0.05, 0) is 17.7 Å². The minimum Gasteiger partial charge on any atom is -0.295 e. The second kappa shape index (κ2) is 4.26. The lowest BCUT2D eigenvalue weighted by Crippen LogP contribution is -2.29. The summed E-state index contributed by atoms with van der Waals surface area (Å²) in [6, 6.07) is 4.95. The van der Waals surface area contributed by atoms with E-state index in [4.69, 9.17) is 23.2 Å². The van der Waals surface area contributed by atoms with Gasteiger partial charge >= 0.3 is 0 Å². The van der Waals surface area contributed by atoms with Gasteiger partial charge in [-0.2, -0.15) is 10.1 Å². The highest BCUT2D eigenvalue weighted by molar-refractivity contribution is 6.35. The number of fused-ring (bicyclic) bond motifs is 1. The molecule has 1 amide bonds. The maximum atomic E-state index is 11.6. The first-order chi connectivity index (χ1) is 8.65. The summed E-state index contributed by atoms with van der Waals surface area (Å²) in [5.74, 6) is 0.328. The molecule has 2 heterocycles. The minimum atomic E-state index is -0.249. The normalized spacial score (nSPS) is 18.3. The SMILES string of the molecule is O=C1C[C@@H](c2ccc(Cl)cc2Cl)n2ncnc2N1. The van der Waals surface area contributed by atoms with Crippen LogP contribution in [0.4, 0.5) is 5.95 Å². The number of anilines is 1. The molecule has 0 spiro atoms. The molecule has 7 heteroatoms. The van der Waals surface area contributed by atoms with Gasteiger partial charge < -0.3 is 0 Å². The summed E-state index contributed by atoms with van der Waals surface area (Å²) >= 11 is 12.0. The van der Waals surface area contributed by atoms with E-state index in [1.165, 1.54) is 6.33 Å². The smallest absolute Gasteiger partial charge is 0.229 e. The van der Waals surface area contributed by atoms with Crippen molar-refractivity contribution in [2.75, 3.05) is 5.32 Å². The van der Waals surface area contributed by atoms with Gasteiger partial charge in [-0.15, -0.1) is 0 Å². The Hall–Kier alpha value is -1.59. The van der Waals surface area contributed by atoms with E-state index in [0.29, 0.717) is 16.0 Å². The molecular formula is C11H8Cl2N4O. The monoisotopic (exact) mass is 282 g/mol. The summed E-state index contributed by atoms with van der Waals surface area (Å²) < 4.78 is 1.65. The first-order valence-electron chi connectivity index (χ1n) is 5.29. The number of hydrogen-bond donors (Lipinski definition) is 1. The van der Waals surface area contributed by atoms with Crippen LogP contribution < -0.4 is 5.32 Å². The summed E-state index contributed by atoms with van der Waals surface area (Å²) in [6.07, 6.45) is 1.68. The molecule has 0 fully saturated rings. The second-order valence-electron chi connectivity index (χ2n) is 3.96. The Bertz CT molecular complexity index is 625. The first kappa shape index (κ1) is 11.5. The number of hydrogen-bond acceptors (Lipinski definition) is 3. The van der Waals surface area contributed by atoms with E-state index in [1.807, 2.05) is 0 Å². The van der Waals surface area contributed by atoms with Gasteiger partial charge in [-0.25, -0.2) is 4.68 Å². The van der Waals surface area contributed by atoms with Gasteiger partial charge in [0.05, 0.1) is 12.5 Å². The Labute approximate surface area is 113 Å². The van der Waals surface area contributed by atoms with Gasteiger partial charge in [0.2, 0.25) is 11.9 Å². The summed E-state index contributed by atoms with van der Waals surface area (Å²) in [4.78, 5) is 15.6. The van der Waals surface area contributed by atoms with Crippen LogP contribution in [-0.2, 0) is 4.79 Å². The standard InChI is InChI=1S/C11H8Cl2N4O/c12-6-1-2-7(8(13)3-6)9-4-10(18)16-11-14-5-15-17(9)11/h1-3,5,9H,4H2,(H,14,15,16,18)/t9-/m0/s1. The molecule has 1 aromatic heterocycles. The Morgan fingerprint density at radius 1 is 1.39 bits per heavy atom. The molecule has 1 N–H and O–H groups in total. The van der Waals surface area contributed by atoms with Crippen LogP contribution in [0.25, 0.3) is 0 Å². The first-order valence-corrected chi connectivity index (χ1v) is 6.05. The average molecular weight is 283 g/mol. The van der Waals surface area contributed by atoms with Crippen LogP contribution in [0.5, 0.6) is 0 Å². The number of nitrogens with one attached hydrogen (secondary N) is 1. The molecule has 1 aliphatic heterocycles. The fourth-order valence-corrected chi connectivity index (χ4v) is 2.55. The molecule has 0 aliphatic carbocycles. The number of benzene rings is 1. The van der Waals surface area contributed by atoms with Crippen molar-refractivity contribution in [3.05, 3.63) is 40.1 Å². The number of carbonyl (C=O) groups is 1. The number of aromatic nitrogens is 3. The predicted molar refractivity (Wildman–Crippen MR) is 67.9 cm³/mol. The zero-order chi connectivity index (χ0) is 12.7. The minimum absolute atomic E-state index is 0.105. The lowest BCUT2D eigenvalue weighted by Gasteiger charge is -2.24. The molecule has 3 rings (SSSR count). The van der Waals surface area contributed by atoms with Crippen LogP contribution in [-0.4, -0.2) is 20.7 Å². The lowest BCUT2D eigenvalue weighted by molar-refractivity contribution is -0.117. The number of halogens is 2. The Kier molecular flexibility index (Phi) is 2.72. The van der Waals surface area contributed by atoms with E-state index in [9.17, 15) is 4.79 Å². The van der Waals surface area contributed by atoms with Crippen molar-refractivity contribution in [2.24, 2.45) is 0 Å². The van der Waals surface area contributed by atoms with Crippen molar-refractivity contribution in [3.8, 4) is 0 Å². The third-order valence-corrected chi connectivity index (χ3v) is 3.38. The zero-order valence-electron chi connectivity index (χ0n) is 9.10. The summed E-state index contributed by atoms with van der Waals surface area (Å²) in [6.45, 7) is 0. The summed E-state index contributed by atoms with van der Waals surface area (Å²) in [5, 5.41) is 7.84. The Morgan fingerprint density at radius 3 is 3.00 bits per heavy atom. The van der Waals surface area contributed by atoms with Crippen LogP contribution in [0.15, 0.2) is 24.5 Å². The van der Waals surface area contributed by atoms with Gasteiger partial charge in [-0.3, -0.25) is 10.1 Å². The highest BCUT2D eigenvalue weighted by Gasteiger charge is 2.28. The predicted octanol–water partition coefficient (Wildman–Crippen LogP) is 2.52. The van der Waals surface area contributed by atoms with Gasteiger partial charge in [0.1, 0.15) is 6.33 Å². The van der Waals surface area contributed by atoms with Crippen molar-refractivity contribution < 1.29 is 4.79 Å². The topological polar surface area (TPSA) is 59.8 Å². The summed E-state index contributed by atoms with van der Waals surface area (Å²) in [5.41, 5.74) is 0.808. The Morgan fingerprint density at radius 2 is 2.22 bits per heavy atom. The molecule has 1 aliphatic rings. The van der Waals surface area contributed by atoms with Gasteiger partial charge in [0.15, 0.2) is 0 Å². The van der Waals surface area contributed by atoms with Crippen molar-refractivity contribution in [1.82, 2.24) is 14.8 Å².